The third-order valence-corrected chi connectivity index (χ3v) is 7.87. The molecule has 0 unspecified atom stereocenters. The molecule has 0 heterocycles. The summed E-state index contributed by atoms with van der Waals surface area (Å²) in [6, 6.07) is 0. The van der Waals surface area contributed by atoms with Crippen LogP contribution < -0.4 is 14.0 Å². The summed E-state index contributed by atoms with van der Waals surface area (Å²) < 4.78 is 36.4. The van der Waals surface area contributed by atoms with Gasteiger partial charge in [0, 0.05) is 0 Å². The van der Waals surface area contributed by atoms with Gasteiger partial charge in [-0.15, -0.1) is 0 Å². The molecule has 0 saturated heterocycles. The first-order valence-corrected chi connectivity index (χ1v) is 8.36. The van der Waals surface area contributed by atoms with E-state index >= 15 is 0 Å². The molecule has 2 rings (SSSR count). The van der Waals surface area contributed by atoms with E-state index in [1.165, 1.54) is 0 Å². The summed E-state index contributed by atoms with van der Waals surface area (Å²) in [4.78, 5) is 0.446. The van der Waals surface area contributed by atoms with Gasteiger partial charge in [0.2, 0.25) is 0 Å². The molecule has 0 spiro atoms. The molecule has 0 radical (unpaired) electrons. The first-order valence-electron chi connectivity index (χ1n) is 4.62. The van der Waals surface area contributed by atoms with Crippen molar-refractivity contribution in [3.05, 3.63) is 37.0 Å². The molecule has 16 heavy (non-hydrogen) atoms. The Labute approximate surface area is 102 Å². The fourth-order valence-corrected chi connectivity index (χ4v) is 6.72. The Kier molecular flexibility index (Phi) is 3.39. The Hall–Kier alpha value is 0.0123. The van der Waals surface area contributed by atoms with Crippen LogP contribution in [0.15, 0.2) is 37.0 Å². The van der Waals surface area contributed by atoms with E-state index in [9.17, 15) is 14.0 Å². The molecular weight excluding hydrogens is 326 g/mol. The van der Waals surface area contributed by atoms with Gasteiger partial charge < -0.3 is 0 Å². The maximum absolute atomic E-state index is 10.7. The van der Waals surface area contributed by atoms with Crippen LogP contribution in [0, 0.1) is 16.2 Å². The van der Waals surface area contributed by atoms with Gasteiger partial charge in [0.05, 0.1) is 0 Å². The van der Waals surface area contributed by atoms with Crippen LogP contribution in [0.2, 0.25) is 8.78 Å². The molecule has 0 amide bonds. The Balaban J connectivity index is 2.16. The van der Waals surface area contributed by atoms with Crippen molar-refractivity contribution in [2.24, 2.45) is 5.92 Å². The van der Waals surface area contributed by atoms with Crippen molar-refractivity contribution in [3.8, 4) is 0 Å². The monoisotopic (exact) mass is 337 g/mol. The molecule has 2 aliphatic carbocycles. The van der Waals surface area contributed by atoms with Crippen molar-refractivity contribution < 1.29 is 44.4 Å². The molecule has 0 aromatic carbocycles. The van der Waals surface area contributed by atoms with Crippen molar-refractivity contribution in [2.75, 3.05) is 0 Å². The minimum atomic E-state index is -4.35. The van der Waals surface area contributed by atoms with E-state index in [4.69, 9.17) is 3.01 Å². The molecular formula is C10H12ClO4Pd. The van der Waals surface area contributed by atoms with Crippen LogP contribution in [0.4, 0.5) is 0 Å². The van der Waals surface area contributed by atoms with Gasteiger partial charge in [0.15, 0.2) is 0 Å². The second kappa shape index (κ2) is 4.36. The molecule has 0 N–H and O–H groups in total. The number of hydrogen-bond acceptors (Lipinski definition) is 4. The summed E-state index contributed by atoms with van der Waals surface area (Å²) in [7, 11) is -4.35. The van der Waals surface area contributed by atoms with Gasteiger partial charge in [0.1, 0.15) is 0 Å². The topological polar surface area (TPSA) is 78.4 Å². The molecule has 0 fully saturated rings. The van der Waals surface area contributed by atoms with Gasteiger partial charge in [0.25, 0.3) is 0 Å². The molecule has 0 aromatic rings. The SMILES string of the molecule is C=C[CH2][Pd]([O][Cl+3]([O-])([O-])[O-])[C]12C=CC(C=C1)C2. The van der Waals surface area contributed by atoms with E-state index in [0.29, 0.717) is 10.8 Å². The molecule has 2 bridgehead atoms. The van der Waals surface area contributed by atoms with Crippen LogP contribution in [0.1, 0.15) is 6.42 Å². The van der Waals surface area contributed by atoms with Gasteiger partial charge in [-0.3, -0.25) is 0 Å². The molecule has 93 valence electrons. The van der Waals surface area contributed by atoms with Gasteiger partial charge in [-0.25, -0.2) is 0 Å². The third kappa shape index (κ3) is 2.47. The molecule has 6 heteroatoms. The fourth-order valence-electron chi connectivity index (χ4n) is 1.82. The molecule has 2 aliphatic rings. The normalized spacial score (nSPS) is 32.2. The molecule has 4 nitrogen and oxygen atoms in total. The standard InChI is InChI=1S/C7H7.C3H5.ClHO4.Pd/c1-2-7-4-3-6(1)5-7;1-3-2;2-1(3,4)5;/h1-4,6H,5H2;3H,1-2H2;(H,2,3,4,5);/q;;;+1/p-1. The minimum absolute atomic E-state index is 0.338. The number of rotatable bonds is 5. The fraction of sp³-hybridized carbons (Fsp3) is 0.400. The first kappa shape index (κ1) is 12.5. The predicted octanol–water partition coefficient (Wildman–Crippen LogP) is -0.658. The van der Waals surface area contributed by atoms with E-state index in [2.05, 4.69) is 6.58 Å². The van der Waals surface area contributed by atoms with Crippen molar-refractivity contribution in [1.29, 1.82) is 0 Å². The van der Waals surface area contributed by atoms with E-state index in [-0.39, 0.29) is 3.89 Å². The summed E-state index contributed by atoms with van der Waals surface area (Å²) in [6.45, 7) is 3.58. The predicted molar refractivity (Wildman–Crippen MR) is 45.2 cm³/mol. The van der Waals surface area contributed by atoms with Crippen LogP contribution in [-0.2, 0) is 20.1 Å². The first-order chi connectivity index (χ1) is 7.45. The maximum atomic E-state index is 10.7. The molecule has 0 saturated carbocycles. The summed E-state index contributed by atoms with van der Waals surface area (Å²) in [5.41, 5.74) is 0. The van der Waals surface area contributed by atoms with Gasteiger partial charge in [-0.1, -0.05) is 0 Å². The summed E-state index contributed by atoms with van der Waals surface area (Å²) in [5.74, 6) is 0.364. The second-order valence-corrected chi connectivity index (χ2v) is 8.54. The molecule has 0 aromatic heterocycles. The quantitative estimate of drug-likeness (QED) is 0.493. The zero-order valence-corrected chi connectivity index (χ0v) is 10.7. The average molecular weight is 338 g/mol. The van der Waals surface area contributed by atoms with Gasteiger partial charge in [-0.2, -0.15) is 0 Å². The summed E-state index contributed by atoms with van der Waals surface area (Å²) >= 11 is -1.97. The van der Waals surface area contributed by atoms with Crippen LogP contribution >= 0.6 is 0 Å². The van der Waals surface area contributed by atoms with Crippen molar-refractivity contribution in [2.45, 2.75) is 15.2 Å². The summed E-state index contributed by atoms with van der Waals surface area (Å²) in [6.07, 6.45) is 10.5. The van der Waals surface area contributed by atoms with Crippen LogP contribution in [0.5, 0.6) is 0 Å². The van der Waals surface area contributed by atoms with Crippen molar-refractivity contribution >= 4 is 0 Å². The van der Waals surface area contributed by atoms with E-state index < -0.39 is 27.4 Å². The van der Waals surface area contributed by atoms with Crippen LogP contribution in [0.25, 0.3) is 0 Å². The van der Waals surface area contributed by atoms with Crippen molar-refractivity contribution in [3.63, 3.8) is 0 Å². The number of halogens is 1. The summed E-state index contributed by atoms with van der Waals surface area (Å²) in [5, 5.41) is 0. The van der Waals surface area contributed by atoms with Crippen molar-refractivity contribution in [1.82, 2.24) is 0 Å². The van der Waals surface area contributed by atoms with Gasteiger partial charge in [-0.05, 0) is 0 Å². The number of fused-ring (bicyclic) bond motifs is 2. The third-order valence-electron chi connectivity index (χ3n) is 2.41. The van der Waals surface area contributed by atoms with E-state index in [1.54, 1.807) is 6.08 Å². The number of hydrogen-bond donors (Lipinski definition) is 0. The zero-order chi connectivity index (χ0) is 11.8. The number of allylic oxidation sites excluding steroid dienone is 5. The second-order valence-electron chi connectivity index (χ2n) is 3.57. The average Bonchev–Trinajstić information content (AvgIpc) is 2.75. The zero-order valence-electron chi connectivity index (χ0n) is 8.41. The van der Waals surface area contributed by atoms with Gasteiger partial charge >= 0.3 is 102 Å². The Bertz CT molecular complexity index is 333. The Morgan fingerprint density at radius 2 is 2.06 bits per heavy atom. The Morgan fingerprint density at radius 3 is 2.44 bits per heavy atom. The molecule has 0 atom stereocenters. The Morgan fingerprint density at radius 1 is 1.44 bits per heavy atom. The van der Waals surface area contributed by atoms with E-state index in [1.807, 2.05) is 24.3 Å². The van der Waals surface area contributed by atoms with Crippen LogP contribution in [-0.4, -0.2) is 0 Å². The van der Waals surface area contributed by atoms with E-state index in [0.717, 1.165) is 6.42 Å². The van der Waals surface area contributed by atoms with Crippen LogP contribution in [0.3, 0.4) is 0 Å². The molecule has 0 aliphatic heterocycles.